The van der Waals surface area contributed by atoms with Gasteiger partial charge >= 0.3 is 5.97 Å². The van der Waals surface area contributed by atoms with Gasteiger partial charge in [-0.3, -0.25) is 9.59 Å². The highest BCUT2D eigenvalue weighted by molar-refractivity contribution is 7.10. The normalized spacial score (nSPS) is 19.5. The van der Waals surface area contributed by atoms with E-state index in [1.54, 1.807) is 17.4 Å². The number of benzene rings is 2. The van der Waals surface area contributed by atoms with E-state index < -0.39 is 5.97 Å². The summed E-state index contributed by atoms with van der Waals surface area (Å²) in [5.41, 5.74) is 4.39. The lowest BCUT2D eigenvalue weighted by Crippen LogP contribution is -2.26. The number of nitrogens with one attached hydrogen (secondary N) is 2. The molecule has 2 unspecified atom stereocenters. The maximum Gasteiger partial charge on any atom is 0.308 e. The molecule has 1 aliphatic carbocycles. The van der Waals surface area contributed by atoms with Crippen molar-refractivity contribution >= 4 is 34.5 Å². The van der Waals surface area contributed by atoms with E-state index in [1.807, 2.05) is 42.5 Å². The summed E-state index contributed by atoms with van der Waals surface area (Å²) in [5.74, 6) is 0.657. The van der Waals surface area contributed by atoms with Crippen LogP contribution in [-0.4, -0.2) is 18.9 Å². The summed E-state index contributed by atoms with van der Waals surface area (Å²) >= 11 is 1.69. The van der Waals surface area contributed by atoms with Gasteiger partial charge in [0, 0.05) is 35.4 Å². The average molecular weight is 461 g/mol. The number of rotatable bonds is 4. The van der Waals surface area contributed by atoms with Gasteiger partial charge in [-0.25, -0.2) is 0 Å². The maximum absolute atomic E-state index is 13.6. The molecule has 6 nitrogen and oxygen atoms in total. The zero-order valence-corrected chi connectivity index (χ0v) is 19.2. The van der Waals surface area contributed by atoms with Gasteiger partial charge < -0.3 is 20.1 Å². The smallest absolute Gasteiger partial charge is 0.308 e. The van der Waals surface area contributed by atoms with Gasteiger partial charge in [0.2, 0.25) is 0 Å². The second kappa shape index (κ2) is 8.75. The minimum Gasteiger partial charge on any atom is -0.493 e. The molecule has 7 heteroatoms. The lowest BCUT2D eigenvalue weighted by atomic mass is 9.80. The average Bonchev–Trinajstić information content (AvgIpc) is 3.28. The van der Waals surface area contributed by atoms with Gasteiger partial charge in [0.05, 0.1) is 24.5 Å². The van der Waals surface area contributed by atoms with Crippen LogP contribution in [0.2, 0.25) is 0 Å². The number of fused-ring (bicyclic) bond motifs is 1. The molecule has 5 rings (SSSR count). The van der Waals surface area contributed by atoms with Gasteiger partial charge in [0.1, 0.15) is 0 Å². The molecule has 0 saturated heterocycles. The van der Waals surface area contributed by atoms with Gasteiger partial charge in [0.25, 0.3) is 0 Å². The number of carbonyl (C=O) groups is 2. The Morgan fingerprint density at radius 1 is 1.03 bits per heavy atom. The number of Topliss-reactive ketones (excluding diaryl/α,β-unsaturated/α-hetero) is 1. The number of methoxy groups -OCH3 is 1. The molecule has 0 saturated carbocycles. The van der Waals surface area contributed by atoms with E-state index in [4.69, 9.17) is 9.47 Å². The van der Waals surface area contributed by atoms with Crippen molar-refractivity contribution in [3.63, 3.8) is 0 Å². The maximum atomic E-state index is 13.6. The lowest BCUT2D eigenvalue weighted by molar-refractivity contribution is -0.132. The molecule has 0 fully saturated rings. The molecule has 33 heavy (non-hydrogen) atoms. The lowest BCUT2D eigenvalue weighted by Gasteiger charge is -2.29. The summed E-state index contributed by atoms with van der Waals surface area (Å²) < 4.78 is 10.8. The second-order valence-corrected chi connectivity index (χ2v) is 9.17. The third-order valence-corrected chi connectivity index (χ3v) is 7.06. The van der Waals surface area contributed by atoms with E-state index in [1.165, 1.54) is 18.9 Å². The number of carbonyl (C=O) groups excluding carboxylic acids is 2. The third kappa shape index (κ3) is 4.12. The summed E-state index contributed by atoms with van der Waals surface area (Å²) in [6.45, 7) is 1.35. The van der Waals surface area contributed by atoms with Crippen molar-refractivity contribution in [3.8, 4) is 11.5 Å². The van der Waals surface area contributed by atoms with E-state index in [0.717, 1.165) is 34.6 Å². The monoisotopic (exact) mass is 460 g/mol. The van der Waals surface area contributed by atoms with Crippen molar-refractivity contribution < 1.29 is 19.1 Å². The molecule has 3 aromatic rings. The fourth-order valence-electron chi connectivity index (χ4n) is 4.57. The van der Waals surface area contributed by atoms with Crippen molar-refractivity contribution in [2.75, 3.05) is 17.7 Å². The Morgan fingerprint density at radius 3 is 2.58 bits per heavy atom. The minimum atomic E-state index is -0.418. The molecule has 1 aromatic heterocycles. The van der Waals surface area contributed by atoms with Gasteiger partial charge in [-0.2, -0.15) is 0 Å². The molecule has 2 heterocycles. The van der Waals surface area contributed by atoms with Gasteiger partial charge in [-0.05, 0) is 47.7 Å². The van der Waals surface area contributed by atoms with Crippen molar-refractivity contribution in [2.24, 2.45) is 0 Å². The minimum absolute atomic E-state index is 0.121. The highest BCUT2D eigenvalue weighted by Crippen LogP contribution is 2.45. The van der Waals surface area contributed by atoms with Crippen molar-refractivity contribution in [1.82, 2.24) is 0 Å². The van der Waals surface area contributed by atoms with Gasteiger partial charge in [-0.1, -0.05) is 24.3 Å². The van der Waals surface area contributed by atoms with Gasteiger partial charge in [-0.15, -0.1) is 11.3 Å². The Kier molecular flexibility index (Phi) is 5.64. The molecule has 2 aromatic carbocycles. The quantitative estimate of drug-likeness (QED) is 0.386. The van der Waals surface area contributed by atoms with Crippen molar-refractivity contribution in [1.29, 1.82) is 0 Å². The van der Waals surface area contributed by atoms with E-state index in [-0.39, 0.29) is 17.7 Å². The van der Waals surface area contributed by atoms with Crippen molar-refractivity contribution in [3.05, 3.63) is 81.7 Å². The number of para-hydroxylation sites is 2. The third-order valence-electron chi connectivity index (χ3n) is 6.03. The van der Waals surface area contributed by atoms with Crippen LogP contribution in [0.4, 0.5) is 11.4 Å². The fourth-order valence-corrected chi connectivity index (χ4v) is 5.40. The molecule has 1 aliphatic heterocycles. The van der Waals surface area contributed by atoms with E-state index in [0.29, 0.717) is 17.9 Å². The number of esters is 1. The highest BCUT2D eigenvalue weighted by Gasteiger charge is 2.36. The second-order valence-electron chi connectivity index (χ2n) is 8.19. The number of hydrogen-bond acceptors (Lipinski definition) is 7. The first-order valence-electron chi connectivity index (χ1n) is 10.8. The first-order chi connectivity index (χ1) is 16.0. The largest absolute Gasteiger partial charge is 0.493 e. The molecule has 0 radical (unpaired) electrons. The number of ether oxygens (including phenoxy) is 2. The summed E-state index contributed by atoms with van der Waals surface area (Å²) in [5, 5.41) is 9.17. The Balaban J connectivity index is 1.60. The highest BCUT2D eigenvalue weighted by atomic mass is 32.1. The molecule has 2 N–H and O–H groups in total. The molecule has 2 atom stereocenters. The molecule has 0 spiro atoms. The van der Waals surface area contributed by atoms with E-state index >= 15 is 0 Å². The number of hydrogen-bond donors (Lipinski definition) is 2. The first kappa shape index (κ1) is 21.3. The van der Waals surface area contributed by atoms with Crippen LogP contribution in [0, 0.1) is 0 Å². The zero-order valence-electron chi connectivity index (χ0n) is 18.4. The Hall–Kier alpha value is -3.58. The molecule has 0 bridgehead atoms. The molecule has 2 aliphatic rings. The summed E-state index contributed by atoms with van der Waals surface area (Å²) in [6, 6.07) is 17.1. The number of anilines is 2. The van der Waals surface area contributed by atoms with E-state index in [9.17, 15) is 9.59 Å². The predicted molar refractivity (Wildman–Crippen MR) is 129 cm³/mol. The Labute approximate surface area is 196 Å². The predicted octanol–water partition coefficient (Wildman–Crippen LogP) is 5.66. The van der Waals surface area contributed by atoms with Crippen LogP contribution < -0.4 is 20.1 Å². The first-order valence-corrected chi connectivity index (χ1v) is 11.7. The van der Waals surface area contributed by atoms with Crippen LogP contribution in [0.15, 0.2) is 71.2 Å². The fraction of sp³-hybridized carbons (Fsp3) is 0.231. The molecular weight excluding hydrogens is 436 g/mol. The van der Waals surface area contributed by atoms with E-state index in [2.05, 4.69) is 22.1 Å². The van der Waals surface area contributed by atoms with Crippen LogP contribution >= 0.6 is 11.3 Å². The molecule has 0 amide bonds. The van der Waals surface area contributed by atoms with Crippen LogP contribution in [0.5, 0.6) is 11.5 Å². The standard InChI is InChI=1S/C26H24N2O4S/c1-15(29)32-22-10-9-16(14-23(22)31-2)26-25-20(27-18-6-3-4-7-19(18)28-26)12-17(13-21(25)30)24-8-5-11-33-24/h3-11,14,17,26-28H,12-13H2,1-2H3. The summed E-state index contributed by atoms with van der Waals surface area (Å²) in [6.07, 6.45) is 1.23. The van der Waals surface area contributed by atoms with Crippen molar-refractivity contribution in [2.45, 2.75) is 31.7 Å². The number of ketones is 1. The Bertz CT molecular complexity index is 1250. The topological polar surface area (TPSA) is 76.7 Å². The van der Waals surface area contributed by atoms with Crippen LogP contribution in [0.25, 0.3) is 0 Å². The number of thiophene rings is 1. The van der Waals surface area contributed by atoms with Crippen LogP contribution in [0.3, 0.4) is 0 Å². The summed E-state index contributed by atoms with van der Waals surface area (Å²) in [4.78, 5) is 26.2. The summed E-state index contributed by atoms with van der Waals surface area (Å²) in [7, 11) is 1.53. The van der Waals surface area contributed by atoms with Crippen LogP contribution in [-0.2, 0) is 9.59 Å². The van der Waals surface area contributed by atoms with Crippen LogP contribution in [0.1, 0.15) is 42.2 Å². The zero-order chi connectivity index (χ0) is 22.9. The SMILES string of the molecule is COc1cc(C2Nc3ccccc3NC3=C2C(=O)CC(c2cccs2)C3)ccc1OC(C)=O. The molecule has 168 valence electrons. The Morgan fingerprint density at radius 2 is 1.85 bits per heavy atom. The van der Waals surface area contributed by atoms with Gasteiger partial charge in [0.15, 0.2) is 17.3 Å². The molecular formula is C26H24N2O4S. The number of allylic oxidation sites excluding steroid dienone is 1.